The topological polar surface area (TPSA) is 113 Å². The molecule has 160 valence electrons. The van der Waals surface area contributed by atoms with E-state index in [1.165, 1.54) is 43.1 Å². The number of carbonyl (C=O) groups excluding carboxylic acids is 1. The Morgan fingerprint density at radius 1 is 1.17 bits per heavy atom. The van der Waals surface area contributed by atoms with E-state index in [-0.39, 0.29) is 27.5 Å². The fourth-order valence-electron chi connectivity index (χ4n) is 3.02. The number of amides is 1. The number of hydrogen-bond acceptors (Lipinski definition) is 6. The van der Waals surface area contributed by atoms with Gasteiger partial charge >= 0.3 is 0 Å². The van der Waals surface area contributed by atoms with Crippen LogP contribution in [0.1, 0.15) is 31.1 Å². The van der Waals surface area contributed by atoms with Crippen molar-refractivity contribution in [2.45, 2.75) is 30.4 Å². The van der Waals surface area contributed by atoms with Crippen molar-refractivity contribution in [3.05, 3.63) is 42.0 Å². The number of aromatic nitrogens is 2. The summed E-state index contributed by atoms with van der Waals surface area (Å²) in [5.74, 6) is -1.76. The molecule has 0 aliphatic heterocycles. The molecule has 0 atom stereocenters. The maximum atomic E-state index is 14.5. The quantitative estimate of drug-likeness (QED) is 0.659. The van der Waals surface area contributed by atoms with Crippen LogP contribution in [0, 0.1) is 5.82 Å². The van der Waals surface area contributed by atoms with Gasteiger partial charge in [-0.15, -0.1) is 0 Å². The highest BCUT2D eigenvalue weighted by Gasteiger charge is 2.34. The second kappa shape index (κ2) is 7.28. The maximum Gasteiger partial charge on any atom is 0.252 e. The number of benzene rings is 1. The third-order valence-electron chi connectivity index (χ3n) is 4.70. The lowest BCUT2D eigenvalue weighted by atomic mass is 10.1. The maximum absolute atomic E-state index is 14.5. The second-order valence-electron chi connectivity index (χ2n) is 7.60. The Morgan fingerprint density at radius 2 is 1.83 bits per heavy atom. The molecule has 2 N–H and O–H groups in total. The second-order valence-corrected chi connectivity index (χ2v) is 10.3. The van der Waals surface area contributed by atoms with E-state index in [4.69, 9.17) is 15.2 Å². The number of rotatable bonds is 5. The molecule has 0 saturated carbocycles. The largest absolute Gasteiger partial charge is 0.495 e. The fourth-order valence-corrected chi connectivity index (χ4v) is 4.33. The highest BCUT2D eigenvalue weighted by molar-refractivity contribution is 7.92. The van der Waals surface area contributed by atoms with Crippen LogP contribution in [0.4, 0.5) is 4.39 Å². The van der Waals surface area contributed by atoms with Crippen molar-refractivity contribution in [1.29, 1.82) is 0 Å². The Morgan fingerprint density at radius 3 is 2.37 bits per heavy atom. The Balaban J connectivity index is 2.33. The lowest BCUT2D eigenvalue weighted by Crippen LogP contribution is -2.28. The molecule has 0 fully saturated rings. The van der Waals surface area contributed by atoms with Gasteiger partial charge in [0.2, 0.25) is 0 Å². The first-order chi connectivity index (χ1) is 13.9. The molecule has 2 aromatic heterocycles. The number of fused-ring (bicyclic) bond motifs is 1. The van der Waals surface area contributed by atoms with Crippen molar-refractivity contribution >= 4 is 21.4 Å². The average molecular weight is 435 g/mol. The molecule has 30 heavy (non-hydrogen) atoms. The van der Waals surface area contributed by atoms with E-state index in [2.05, 4.69) is 4.98 Å². The number of pyridine rings is 1. The van der Waals surface area contributed by atoms with Gasteiger partial charge in [0, 0.05) is 17.8 Å². The smallest absolute Gasteiger partial charge is 0.252 e. The van der Waals surface area contributed by atoms with Crippen molar-refractivity contribution in [1.82, 2.24) is 9.38 Å². The predicted molar refractivity (Wildman–Crippen MR) is 109 cm³/mol. The third kappa shape index (κ3) is 3.36. The minimum absolute atomic E-state index is 0.0339. The monoisotopic (exact) mass is 435 g/mol. The summed E-state index contributed by atoms with van der Waals surface area (Å²) in [4.78, 5) is 16.0. The van der Waals surface area contributed by atoms with Crippen LogP contribution in [0.25, 0.3) is 16.9 Å². The van der Waals surface area contributed by atoms with Gasteiger partial charge in [-0.1, -0.05) is 0 Å². The summed E-state index contributed by atoms with van der Waals surface area (Å²) in [5.41, 5.74) is 6.24. The predicted octanol–water partition coefficient (Wildman–Crippen LogP) is 2.83. The van der Waals surface area contributed by atoms with Crippen LogP contribution in [-0.4, -0.2) is 42.7 Å². The molecule has 2 heterocycles. The molecule has 3 rings (SSSR count). The minimum atomic E-state index is -3.77. The summed E-state index contributed by atoms with van der Waals surface area (Å²) in [6, 6.07) is 4.02. The molecule has 0 saturated heterocycles. The molecule has 0 aliphatic rings. The SMILES string of the molecule is COc1cc2ncc(-c3cc(F)c(OC)c(C(N)=O)c3)n2cc1S(=O)(=O)C(C)(C)C. The molecule has 0 unspecified atom stereocenters. The Bertz CT molecular complexity index is 1260. The van der Waals surface area contributed by atoms with Gasteiger partial charge < -0.3 is 15.2 Å². The van der Waals surface area contributed by atoms with E-state index in [1.54, 1.807) is 20.8 Å². The summed E-state index contributed by atoms with van der Waals surface area (Å²) < 4.78 is 51.3. The molecular formula is C20H22FN3O5S. The van der Waals surface area contributed by atoms with Gasteiger partial charge in [0.15, 0.2) is 21.4 Å². The van der Waals surface area contributed by atoms with Gasteiger partial charge in [-0.05, 0) is 32.9 Å². The fraction of sp³-hybridized carbons (Fsp3) is 0.300. The third-order valence-corrected chi connectivity index (χ3v) is 7.20. The van der Waals surface area contributed by atoms with Gasteiger partial charge in [-0.2, -0.15) is 0 Å². The molecule has 8 nitrogen and oxygen atoms in total. The molecule has 0 spiro atoms. The number of hydrogen-bond donors (Lipinski definition) is 1. The molecule has 3 aromatic rings. The van der Waals surface area contributed by atoms with Gasteiger partial charge in [0.25, 0.3) is 5.91 Å². The highest BCUT2D eigenvalue weighted by Crippen LogP contribution is 2.35. The van der Waals surface area contributed by atoms with Crippen molar-refractivity contribution < 1.29 is 27.1 Å². The van der Waals surface area contributed by atoms with Gasteiger partial charge in [0.05, 0.1) is 36.4 Å². The molecule has 10 heteroatoms. The first-order valence-electron chi connectivity index (χ1n) is 8.89. The standard InChI is InChI=1S/C20H22FN3O5S/c1-20(2,3)30(26,27)16-10-24-14(9-23-17(24)8-15(16)28-4)11-6-12(19(22)25)18(29-5)13(21)7-11/h6-10H,1-5H3,(H2,22,25). The van der Waals surface area contributed by atoms with Crippen LogP contribution in [0.5, 0.6) is 11.5 Å². The number of nitrogens with two attached hydrogens (primary N) is 1. The molecule has 0 aliphatic carbocycles. The van der Waals surface area contributed by atoms with E-state index in [9.17, 15) is 17.6 Å². The van der Waals surface area contributed by atoms with Gasteiger partial charge in [0.1, 0.15) is 16.3 Å². The van der Waals surface area contributed by atoms with E-state index in [0.29, 0.717) is 11.3 Å². The van der Waals surface area contributed by atoms with Crippen molar-refractivity contribution in [2.75, 3.05) is 14.2 Å². The number of ether oxygens (including phenoxy) is 2. The van der Waals surface area contributed by atoms with Crippen LogP contribution >= 0.6 is 0 Å². The summed E-state index contributed by atoms with van der Waals surface area (Å²) in [5, 5.41) is 0. The van der Waals surface area contributed by atoms with Crippen LogP contribution in [0.15, 0.2) is 35.5 Å². The number of primary amides is 1. The van der Waals surface area contributed by atoms with Crippen LogP contribution in [0.2, 0.25) is 0 Å². The first kappa shape index (κ1) is 21.6. The average Bonchev–Trinajstić information content (AvgIpc) is 3.08. The van der Waals surface area contributed by atoms with Gasteiger partial charge in [-0.25, -0.2) is 17.8 Å². The van der Waals surface area contributed by atoms with Crippen LogP contribution < -0.4 is 15.2 Å². The molecule has 0 radical (unpaired) electrons. The number of carbonyl (C=O) groups is 1. The lowest BCUT2D eigenvalue weighted by molar-refractivity contribution is 0.0996. The van der Waals surface area contributed by atoms with E-state index < -0.39 is 26.3 Å². The first-order valence-corrected chi connectivity index (χ1v) is 10.4. The number of imidazole rings is 1. The van der Waals surface area contributed by atoms with Crippen molar-refractivity contribution in [3.8, 4) is 22.8 Å². The Kier molecular flexibility index (Phi) is 5.23. The van der Waals surface area contributed by atoms with Crippen molar-refractivity contribution in [2.24, 2.45) is 5.73 Å². The summed E-state index contributed by atoms with van der Waals surface area (Å²) in [6.07, 6.45) is 2.82. The van der Waals surface area contributed by atoms with Crippen LogP contribution in [0.3, 0.4) is 0 Å². The highest BCUT2D eigenvalue weighted by atomic mass is 32.2. The van der Waals surface area contributed by atoms with E-state index >= 15 is 0 Å². The molecular weight excluding hydrogens is 413 g/mol. The zero-order chi connectivity index (χ0) is 22.4. The Hall–Kier alpha value is -3.14. The number of methoxy groups -OCH3 is 2. The minimum Gasteiger partial charge on any atom is -0.495 e. The van der Waals surface area contributed by atoms with E-state index in [1.807, 2.05) is 0 Å². The van der Waals surface area contributed by atoms with Crippen LogP contribution in [-0.2, 0) is 9.84 Å². The molecule has 1 amide bonds. The summed E-state index contributed by atoms with van der Waals surface area (Å²) in [6.45, 7) is 4.75. The summed E-state index contributed by atoms with van der Waals surface area (Å²) in [7, 11) is -1.17. The van der Waals surface area contributed by atoms with E-state index in [0.717, 1.165) is 6.07 Å². The lowest BCUT2D eigenvalue weighted by Gasteiger charge is -2.21. The zero-order valence-corrected chi connectivity index (χ0v) is 18.0. The molecule has 1 aromatic carbocycles. The van der Waals surface area contributed by atoms with Gasteiger partial charge in [-0.3, -0.25) is 9.20 Å². The zero-order valence-electron chi connectivity index (χ0n) is 17.2. The summed E-state index contributed by atoms with van der Waals surface area (Å²) >= 11 is 0. The normalized spacial score (nSPS) is 12.2. The van der Waals surface area contributed by atoms with Crippen molar-refractivity contribution in [3.63, 3.8) is 0 Å². The number of nitrogens with zero attached hydrogens (tertiary/aromatic N) is 2. The molecule has 0 bridgehead atoms. The number of sulfone groups is 1. The Labute approximate surface area is 173 Å². The number of halogens is 1.